The van der Waals surface area contributed by atoms with Gasteiger partial charge < -0.3 is 11.1 Å². The monoisotopic (exact) mass is 340 g/mol. The highest BCUT2D eigenvalue weighted by molar-refractivity contribution is 9.10. The summed E-state index contributed by atoms with van der Waals surface area (Å²) in [5, 5.41) is 2.50. The van der Waals surface area contributed by atoms with Crippen molar-refractivity contribution in [2.75, 3.05) is 11.1 Å². The second-order valence-electron chi connectivity index (χ2n) is 4.27. The van der Waals surface area contributed by atoms with E-state index in [2.05, 4.69) is 21.2 Å². The summed E-state index contributed by atoms with van der Waals surface area (Å²) in [6.07, 6.45) is 0. The zero-order valence-corrected chi connectivity index (χ0v) is 12.1. The van der Waals surface area contributed by atoms with Crippen molar-refractivity contribution < 1.29 is 13.6 Å². The number of carbonyl (C=O) groups is 1. The molecule has 0 unspecified atom stereocenters. The second-order valence-corrected chi connectivity index (χ2v) is 5.18. The molecule has 104 valence electrons. The largest absolute Gasteiger partial charge is 0.397 e. The minimum absolute atomic E-state index is 0.335. The molecule has 0 aliphatic rings. The number of nitrogens with one attached hydrogen (secondary N) is 1. The highest BCUT2D eigenvalue weighted by Crippen LogP contribution is 2.28. The van der Waals surface area contributed by atoms with Gasteiger partial charge in [-0.25, -0.2) is 8.78 Å². The van der Waals surface area contributed by atoms with Gasteiger partial charge in [0, 0.05) is 4.47 Å². The summed E-state index contributed by atoms with van der Waals surface area (Å²) >= 11 is 3.28. The van der Waals surface area contributed by atoms with Gasteiger partial charge in [0.2, 0.25) is 0 Å². The molecule has 0 radical (unpaired) electrons. The minimum atomic E-state index is -0.794. The van der Waals surface area contributed by atoms with Crippen molar-refractivity contribution >= 4 is 33.2 Å². The number of anilines is 2. The van der Waals surface area contributed by atoms with Crippen molar-refractivity contribution in [3.63, 3.8) is 0 Å². The molecule has 1 amide bonds. The molecule has 0 aliphatic heterocycles. The predicted molar refractivity (Wildman–Crippen MR) is 77.6 cm³/mol. The second kappa shape index (κ2) is 5.58. The van der Waals surface area contributed by atoms with Gasteiger partial charge in [-0.1, -0.05) is 15.9 Å². The SMILES string of the molecule is Cc1cc(Br)cc(N)c1NC(=O)c1cc(F)ccc1F. The summed E-state index contributed by atoms with van der Waals surface area (Å²) in [6, 6.07) is 6.07. The van der Waals surface area contributed by atoms with E-state index in [1.165, 1.54) is 0 Å². The molecule has 0 aromatic heterocycles. The number of hydrogen-bond acceptors (Lipinski definition) is 2. The maximum absolute atomic E-state index is 13.5. The van der Waals surface area contributed by atoms with E-state index in [1.54, 1.807) is 19.1 Å². The molecule has 0 aliphatic carbocycles. The topological polar surface area (TPSA) is 55.1 Å². The Bertz CT molecular complexity index is 666. The van der Waals surface area contributed by atoms with Gasteiger partial charge in [0.05, 0.1) is 16.9 Å². The molecule has 3 nitrogen and oxygen atoms in total. The van der Waals surface area contributed by atoms with E-state index in [4.69, 9.17) is 5.73 Å². The third-order valence-electron chi connectivity index (χ3n) is 2.74. The predicted octanol–water partition coefficient (Wildman–Crippen LogP) is 3.87. The molecule has 0 bridgehead atoms. The van der Waals surface area contributed by atoms with Gasteiger partial charge in [0.25, 0.3) is 5.91 Å². The van der Waals surface area contributed by atoms with Crippen LogP contribution >= 0.6 is 15.9 Å². The number of benzene rings is 2. The zero-order chi connectivity index (χ0) is 14.9. The first-order valence-corrected chi connectivity index (χ1v) is 6.50. The Morgan fingerprint density at radius 1 is 1.25 bits per heavy atom. The standard InChI is InChI=1S/C14H11BrF2N2O/c1-7-4-8(15)5-12(18)13(7)19-14(20)10-6-9(16)2-3-11(10)17/h2-6H,18H2,1H3,(H,19,20). The van der Waals surface area contributed by atoms with Crippen LogP contribution in [0, 0.1) is 18.6 Å². The molecular formula is C14H11BrF2N2O. The number of halogens is 3. The lowest BCUT2D eigenvalue weighted by Gasteiger charge is -2.12. The average Bonchev–Trinajstić information content (AvgIpc) is 2.36. The summed E-state index contributed by atoms with van der Waals surface area (Å²) < 4.78 is 27.4. The molecule has 0 atom stereocenters. The number of aryl methyl sites for hydroxylation is 1. The lowest BCUT2D eigenvalue weighted by atomic mass is 10.1. The molecular weight excluding hydrogens is 330 g/mol. The van der Waals surface area contributed by atoms with Crippen molar-refractivity contribution in [1.29, 1.82) is 0 Å². The minimum Gasteiger partial charge on any atom is -0.397 e. The zero-order valence-electron chi connectivity index (χ0n) is 10.5. The lowest BCUT2D eigenvalue weighted by molar-refractivity contribution is 0.102. The number of rotatable bonds is 2. The van der Waals surface area contributed by atoms with Crippen LogP contribution in [0.5, 0.6) is 0 Å². The molecule has 0 spiro atoms. The summed E-state index contributed by atoms with van der Waals surface area (Å²) in [6.45, 7) is 1.75. The Labute approximate surface area is 122 Å². The molecule has 20 heavy (non-hydrogen) atoms. The first kappa shape index (κ1) is 14.5. The number of nitrogens with two attached hydrogens (primary N) is 1. The molecule has 0 fully saturated rings. The summed E-state index contributed by atoms with van der Waals surface area (Å²) in [5.74, 6) is -2.23. The Hall–Kier alpha value is -1.95. The third kappa shape index (κ3) is 2.96. The third-order valence-corrected chi connectivity index (χ3v) is 3.20. The fourth-order valence-electron chi connectivity index (χ4n) is 1.79. The van der Waals surface area contributed by atoms with Crippen LogP contribution in [-0.4, -0.2) is 5.91 Å². The van der Waals surface area contributed by atoms with E-state index in [0.717, 1.165) is 22.7 Å². The van der Waals surface area contributed by atoms with E-state index in [9.17, 15) is 13.6 Å². The van der Waals surface area contributed by atoms with Crippen LogP contribution in [0.4, 0.5) is 20.2 Å². The van der Waals surface area contributed by atoms with Gasteiger partial charge in [0.15, 0.2) is 0 Å². The van der Waals surface area contributed by atoms with Crippen LogP contribution in [0.1, 0.15) is 15.9 Å². The Morgan fingerprint density at radius 3 is 2.60 bits per heavy atom. The number of carbonyl (C=O) groups excluding carboxylic acids is 1. The van der Waals surface area contributed by atoms with Crippen molar-refractivity contribution in [2.24, 2.45) is 0 Å². The number of hydrogen-bond donors (Lipinski definition) is 2. The summed E-state index contributed by atoms with van der Waals surface area (Å²) in [4.78, 5) is 12.0. The number of amides is 1. The van der Waals surface area contributed by atoms with Crippen LogP contribution in [0.25, 0.3) is 0 Å². The Morgan fingerprint density at radius 2 is 1.95 bits per heavy atom. The molecule has 0 saturated heterocycles. The van der Waals surface area contributed by atoms with Crippen LogP contribution in [0.15, 0.2) is 34.8 Å². The lowest BCUT2D eigenvalue weighted by Crippen LogP contribution is -2.16. The maximum atomic E-state index is 13.5. The smallest absolute Gasteiger partial charge is 0.258 e. The fraction of sp³-hybridized carbons (Fsp3) is 0.0714. The fourth-order valence-corrected chi connectivity index (χ4v) is 2.38. The molecule has 2 aromatic carbocycles. The maximum Gasteiger partial charge on any atom is 0.258 e. The van der Waals surface area contributed by atoms with Gasteiger partial charge in [-0.05, 0) is 42.8 Å². The van der Waals surface area contributed by atoms with E-state index in [1.807, 2.05) is 0 Å². The Kier molecular flexibility index (Phi) is 4.04. The van der Waals surface area contributed by atoms with Crippen LogP contribution < -0.4 is 11.1 Å². The quantitative estimate of drug-likeness (QED) is 0.815. The van der Waals surface area contributed by atoms with Crippen LogP contribution in [-0.2, 0) is 0 Å². The summed E-state index contributed by atoms with van der Waals surface area (Å²) in [7, 11) is 0. The van der Waals surface area contributed by atoms with E-state index < -0.39 is 17.5 Å². The summed E-state index contributed by atoms with van der Waals surface area (Å²) in [5.41, 5.74) is 6.86. The number of nitrogen functional groups attached to an aromatic ring is 1. The first-order valence-electron chi connectivity index (χ1n) is 5.70. The first-order chi connectivity index (χ1) is 9.38. The van der Waals surface area contributed by atoms with Gasteiger partial charge in [0.1, 0.15) is 11.6 Å². The Balaban J connectivity index is 2.35. The van der Waals surface area contributed by atoms with E-state index >= 15 is 0 Å². The molecule has 2 rings (SSSR count). The van der Waals surface area contributed by atoms with Crippen molar-refractivity contribution in [3.8, 4) is 0 Å². The molecule has 0 heterocycles. The highest BCUT2D eigenvalue weighted by Gasteiger charge is 2.15. The molecule has 3 N–H and O–H groups in total. The van der Waals surface area contributed by atoms with E-state index in [0.29, 0.717) is 16.9 Å². The molecule has 6 heteroatoms. The van der Waals surface area contributed by atoms with Crippen molar-refractivity contribution in [2.45, 2.75) is 6.92 Å². The van der Waals surface area contributed by atoms with Crippen molar-refractivity contribution in [3.05, 3.63) is 57.6 Å². The normalized spacial score (nSPS) is 10.4. The highest BCUT2D eigenvalue weighted by atomic mass is 79.9. The molecule has 0 saturated carbocycles. The van der Waals surface area contributed by atoms with Crippen LogP contribution in [0.3, 0.4) is 0 Å². The van der Waals surface area contributed by atoms with Crippen molar-refractivity contribution in [1.82, 2.24) is 0 Å². The van der Waals surface area contributed by atoms with Gasteiger partial charge in [-0.2, -0.15) is 0 Å². The van der Waals surface area contributed by atoms with Gasteiger partial charge in [-0.15, -0.1) is 0 Å². The van der Waals surface area contributed by atoms with Gasteiger partial charge >= 0.3 is 0 Å². The van der Waals surface area contributed by atoms with Crippen LogP contribution in [0.2, 0.25) is 0 Å². The van der Waals surface area contributed by atoms with Gasteiger partial charge in [-0.3, -0.25) is 4.79 Å². The molecule has 2 aromatic rings. The average molecular weight is 341 g/mol. The van der Waals surface area contributed by atoms with E-state index in [-0.39, 0.29) is 5.56 Å².